The second-order valence-electron chi connectivity index (χ2n) is 51.9. The van der Waals surface area contributed by atoms with Crippen LogP contribution in [0.5, 0.6) is 0 Å². The molecule has 0 amide bonds. The number of esters is 9. The molecule has 8 bridgehead atoms. The van der Waals surface area contributed by atoms with Crippen molar-refractivity contribution in [2.75, 3.05) is 0 Å². The average molecular weight is 2050 g/mol. The topological polar surface area (TPSA) is 246 Å². The van der Waals surface area contributed by atoms with Crippen molar-refractivity contribution in [3.63, 3.8) is 0 Å². The lowest BCUT2D eigenvalue weighted by Crippen LogP contribution is -2.53. The molecule has 16 aliphatic carbocycles. The van der Waals surface area contributed by atoms with E-state index in [0.29, 0.717) is 74.9 Å². The molecule has 16 saturated carbocycles. The average Bonchev–Trinajstić information content (AvgIpc) is 1.53. The van der Waals surface area contributed by atoms with E-state index in [1.807, 2.05) is 41.5 Å². The Morgan fingerprint density at radius 1 is 0.286 bits per heavy atom. The third kappa shape index (κ3) is 35.2. The molecule has 0 heterocycles. The van der Waals surface area contributed by atoms with E-state index in [4.69, 9.17) is 47.4 Å². The molecule has 0 radical (unpaired) electrons. The molecule has 147 heavy (non-hydrogen) atoms. The summed E-state index contributed by atoms with van der Waals surface area (Å²) in [7, 11) is 0. The van der Waals surface area contributed by atoms with Gasteiger partial charge in [-0.1, -0.05) is 236 Å². The van der Waals surface area contributed by atoms with Gasteiger partial charge in [-0.15, -0.1) is 0 Å². The first-order chi connectivity index (χ1) is 68.7. The number of hydrogen-bond acceptors (Lipinski definition) is 19. The van der Waals surface area contributed by atoms with Crippen LogP contribution in [-0.2, 0) is 90.5 Å². The number of carbonyl (C=O) groups is 9. The van der Waals surface area contributed by atoms with Crippen molar-refractivity contribution in [2.24, 2.45) is 80.8 Å². The van der Waals surface area contributed by atoms with Crippen molar-refractivity contribution >= 4 is 53.7 Å². The molecule has 16 fully saturated rings. The molecule has 834 valence electrons. The maximum Gasteiger partial charge on any atom is 0.335 e. The molecule has 19 nitrogen and oxygen atoms in total. The first-order valence-corrected chi connectivity index (χ1v) is 58.3. The fourth-order valence-corrected chi connectivity index (χ4v) is 29.0. The predicted molar refractivity (Wildman–Crippen MR) is 593 cm³/mol. The Morgan fingerprint density at radius 3 is 0.837 bits per heavy atom. The largest absolute Gasteiger partial charge is 0.456 e. The summed E-state index contributed by atoms with van der Waals surface area (Å²) in [6, 6.07) is 0. The van der Waals surface area contributed by atoms with Crippen LogP contribution in [0, 0.1) is 80.8 Å². The van der Waals surface area contributed by atoms with Crippen LogP contribution in [0.15, 0.2) is 111 Å². The number of hydrogen-bond donors (Lipinski definition) is 0. The monoisotopic (exact) mass is 2050 g/mol. The van der Waals surface area contributed by atoms with Crippen LogP contribution in [-0.4, -0.2) is 110 Å². The molecule has 0 spiro atoms. The van der Waals surface area contributed by atoms with Crippen LogP contribution in [0.1, 0.15) is 505 Å². The minimum atomic E-state index is -0.458. The molecule has 0 aromatic carbocycles. The number of rotatable bonds is 25. The van der Waals surface area contributed by atoms with Crippen molar-refractivity contribution in [2.45, 2.75) is 562 Å². The van der Waals surface area contributed by atoms with Gasteiger partial charge < -0.3 is 47.4 Å². The minimum absolute atomic E-state index is 0.0104. The summed E-state index contributed by atoms with van der Waals surface area (Å²) in [6.45, 7) is 76.9. The third-order valence-corrected chi connectivity index (χ3v) is 39.1. The molecule has 7 atom stereocenters. The minimum Gasteiger partial charge on any atom is -0.456 e. The first kappa shape index (κ1) is 127. The van der Waals surface area contributed by atoms with Crippen LogP contribution in [0.4, 0.5) is 0 Å². The van der Waals surface area contributed by atoms with Crippen LogP contribution < -0.4 is 0 Å². The Morgan fingerprint density at radius 2 is 0.544 bits per heavy atom. The van der Waals surface area contributed by atoms with Crippen molar-refractivity contribution in [3.8, 4) is 0 Å². The van der Waals surface area contributed by atoms with E-state index >= 15 is 0 Å². The number of fused-ring (bicyclic) bond motifs is 4. The van der Waals surface area contributed by atoms with Crippen molar-refractivity contribution in [1.29, 1.82) is 0 Å². The van der Waals surface area contributed by atoms with Gasteiger partial charge in [-0.3, -0.25) is 0 Å². The van der Waals surface area contributed by atoms with Gasteiger partial charge in [0.05, 0.1) is 5.60 Å². The normalized spacial score (nSPS) is 28.9. The van der Waals surface area contributed by atoms with E-state index in [0.717, 1.165) is 101 Å². The van der Waals surface area contributed by atoms with E-state index in [1.54, 1.807) is 41.5 Å². The Bertz CT molecular complexity index is 4320. The third-order valence-electron chi connectivity index (χ3n) is 39.1. The van der Waals surface area contributed by atoms with Crippen molar-refractivity contribution in [3.05, 3.63) is 111 Å². The van der Waals surface area contributed by atoms with Gasteiger partial charge in [-0.05, 0) is 399 Å². The Kier molecular flexibility index (Phi) is 48.4. The summed E-state index contributed by atoms with van der Waals surface area (Å²) < 4.78 is 56.7. The zero-order valence-corrected chi connectivity index (χ0v) is 97.1. The molecule has 0 aromatic heterocycles. The van der Waals surface area contributed by atoms with Gasteiger partial charge in [-0.2, -0.15) is 0 Å². The quantitative estimate of drug-likeness (QED) is 0.0271. The molecule has 7 unspecified atom stereocenters. The predicted octanol–water partition coefficient (Wildman–Crippen LogP) is 32.9. The molecule has 16 rings (SSSR count). The summed E-state index contributed by atoms with van der Waals surface area (Å²) in [5.41, 5.74) is 1.43. The SMILES string of the molecule is C=C(C)C(=O)OC(C)(C)C1CCCCC1.C=C(C)C(=O)OC(C)(C1CCCCC1)C1CCCCC1.C=C(C)C(=O)OC(C)OC12CC3CC(CC(C3)C1)C2.C=C(C)C(=O)OC1(C)CC2CCC1(C)C2(C)C.C=C(C)C(=O)OC1(C)CCCCC1.C=C(C)C(=O)OC1(C)CCCCCC1.C=CC(=O)OC(C)(C1CCCCC1)C1CCCCC1.C=CC(=O)OC1(C)CC2CCC1(C)C2(C)C.C=CC(=O)OC1(C)CCCCCCC1. The van der Waals surface area contributed by atoms with Gasteiger partial charge in [0.2, 0.25) is 6.29 Å². The summed E-state index contributed by atoms with van der Waals surface area (Å²) in [6.07, 6.45) is 70.1. The van der Waals surface area contributed by atoms with E-state index in [1.165, 1.54) is 288 Å². The number of carbonyl (C=O) groups excluding carboxylic acids is 9. The fraction of sp³-hybridized carbons (Fsp3) is 0.789. The zero-order chi connectivity index (χ0) is 110. The van der Waals surface area contributed by atoms with Crippen LogP contribution in [0.3, 0.4) is 0 Å². The summed E-state index contributed by atoms with van der Waals surface area (Å²) in [5.74, 6) is 4.25. The second kappa shape index (κ2) is 56.1. The molecule has 16 aliphatic rings. The molecule has 0 aromatic rings. The zero-order valence-electron chi connectivity index (χ0n) is 97.1. The fourth-order valence-electron chi connectivity index (χ4n) is 29.0. The van der Waals surface area contributed by atoms with Crippen LogP contribution in [0.2, 0.25) is 0 Å². The molecule has 0 saturated heterocycles. The Hall–Kier alpha value is -7.15. The van der Waals surface area contributed by atoms with E-state index in [9.17, 15) is 43.2 Å². The summed E-state index contributed by atoms with van der Waals surface area (Å²) in [5, 5.41) is 0. The van der Waals surface area contributed by atoms with Crippen LogP contribution >= 0.6 is 0 Å². The second-order valence-corrected chi connectivity index (χ2v) is 51.9. The van der Waals surface area contributed by atoms with Gasteiger partial charge in [-0.25, -0.2) is 43.2 Å². The maximum absolute atomic E-state index is 12.1. The Labute approximate surface area is 892 Å². The summed E-state index contributed by atoms with van der Waals surface area (Å²) >= 11 is 0. The van der Waals surface area contributed by atoms with E-state index in [2.05, 4.69) is 128 Å². The van der Waals surface area contributed by atoms with Gasteiger partial charge in [0.25, 0.3) is 0 Å². The van der Waals surface area contributed by atoms with Gasteiger partial charge in [0.15, 0.2) is 0 Å². The summed E-state index contributed by atoms with van der Waals surface area (Å²) in [4.78, 5) is 104. The maximum atomic E-state index is 12.1. The smallest absolute Gasteiger partial charge is 0.335 e. The molecule has 0 aliphatic heterocycles. The van der Waals surface area contributed by atoms with Gasteiger partial charge in [0.1, 0.15) is 44.8 Å². The van der Waals surface area contributed by atoms with Crippen molar-refractivity contribution < 1.29 is 90.5 Å². The van der Waals surface area contributed by atoms with E-state index in [-0.39, 0.29) is 126 Å². The lowest BCUT2D eigenvalue weighted by Gasteiger charge is -2.56. The molecular weight excluding hydrogens is 1840 g/mol. The highest BCUT2D eigenvalue weighted by Gasteiger charge is 2.70. The van der Waals surface area contributed by atoms with Crippen LogP contribution in [0.25, 0.3) is 0 Å². The molecule has 0 N–H and O–H groups in total. The lowest BCUT2D eigenvalue weighted by molar-refractivity contribution is -0.243. The highest BCUT2D eigenvalue weighted by atomic mass is 16.7. The lowest BCUT2D eigenvalue weighted by atomic mass is 9.54. The highest BCUT2D eigenvalue weighted by Crippen LogP contribution is 2.72. The molecular formula is C128H208O19. The van der Waals surface area contributed by atoms with E-state index < -0.39 is 6.29 Å². The Balaban J connectivity index is 0.000000225. The highest BCUT2D eigenvalue weighted by molar-refractivity contribution is 5.90. The van der Waals surface area contributed by atoms with Gasteiger partial charge in [0, 0.05) is 62.5 Å². The van der Waals surface area contributed by atoms with Crippen molar-refractivity contribution in [1.82, 2.24) is 0 Å². The molecule has 19 heteroatoms. The number of ether oxygens (including phenoxy) is 10. The standard InChI is InChI=1S/C18H30O2.C17H28O2.C16H24O3.C15H24O2.C14H22O2.C13H22O2.2C12H20O2.C11H18O2/c1-14(2)17(19)20-18(3,15-10-6-4-7-11-15)16-12-8-5-9-13-16;1-3-16(18)19-17(2,14-10-6-4-7-11-14)15-12-8-5-9-13-15;1-10(2)15(17)18-11(3)19-16-7-12-4-13(8-16)6-14(5-12)9-16;1-10(2)12(16)17-15(6)9-11-7-8-14(15,5)13(11,3)4;1-6-11(15)16-14(5)9-10-7-8-13(14,4)12(10,2)3;1-10(2)12(14)15-13(3,4)11-8-6-5-7-9-11;1-10(2)11(13)14-12(3)8-6-4-5-7-9-12;1-3-11(13)14-12(2)9-7-5-4-6-8-10-12;1-9(2)10(12)13-11(3)7-5-4-6-8-11/h15-16H,1,4-13H2,2-3H3;3,14-15H,1,4-13H2,2H3;11-14H,1,4-9H2,2-3H3;11H,1,7-9H2,2-6H3;6,10H,1,7-9H2,2-5H3;11H,1,5-9H2,2-4H3;1,4-9H2,2-3H3;3H,1,4-10H2,2H3;1,4-8H2,2-3H3. The van der Waals surface area contributed by atoms with Gasteiger partial charge >= 0.3 is 53.7 Å². The first-order valence-electron chi connectivity index (χ1n) is 58.3.